The van der Waals surface area contributed by atoms with E-state index in [2.05, 4.69) is 10.2 Å². The van der Waals surface area contributed by atoms with Crippen LogP contribution in [0.4, 0.5) is 0 Å². The summed E-state index contributed by atoms with van der Waals surface area (Å²) in [4.78, 5) is 7.11. The second-order valence-corrected chi connectivity index (χ2v) is 14.2. The van der Waals surface area contributed by atoms with Crippen molar-refractivity contribution in [3.8, 4) is 5.69 Å². The number of sulfone groups is 2. The molecule has 0 saturated carbocycles. The first-order valence-electron chi connectivity index (χ1n) is 12.4. The van der Waals surface area contributed by atoms with Crippen molar-refractivity contribution in [2.75, 3.05) is 26.1 Å². The van der Waals surface area contributed by atoms with Crippen molar-refractivity contribution < 1.29 is 16.8 Å². The molecule has 0 fully saturated rings. The Morgan fingerprint density at radius 2 is 1.76 bits per heavy atom. The molecule has 1 atom stereocenters. The first kappa shape index (κ1) is 28.4. The maximum absolute atomic E-state index is 13.1. The minimum absolute atomic E-state index is 0.0817. The summed E-state index contributed by atoms with van der Waals surface area (Å²) in [6, 6.07) is 7.92. The summed E-state index contributed by atoms with van der Waals surface area (Å²) in [6.07, 6.45) is 2.49. The zero-order chi connectivity index (χ0) is 28.0. The predicted octanol–water partition coefficient (Wildman–Crippen LogP) is 4.04. The Balaban J connectivity index is 2.15. The number of rotatable bonds is 8. The molecule has 1 aromatic heterocycles. The minimum atomic E-state index is -3.69. The molecule has 0 bridgehead atoms. The van der Waals surface area contributed by atoms with Crippen LogP contribution in [0, 0.1) is 0 Å². The van der Waals surface area contributed by atoms with E-state index in [9.17, 15) is 16.8 Å². The summed E-state index contributed by atoms with van der Waals surface area (Å²) in [5.74, 6) is 1.03. The fourth-order valence-corrected chi connectivity index (χ4v) is 6.98. The highest BCUT2D eigenvalue weighted by Crippen LogP contribution is 2.37. The Labute approximate surface area is 229 Å². The van der Waals surface area contributed by atoms with Gasteiger partial charge in [0, 0.05) is 22.4 Å². The molecule has 4 rings (SSSR count). The van der Waals surface area contributed by atoms with E-state index in [0.29, 0.717) is 40.6 Å². The molecule has 1 aliphatic rings. The van der Waals surface area contributed by atoms with Gasteiger partial charge in [-0.05, 0) is 56.8 Å². The summed E-state index contributed by atoms with van der Waals surface area (Å²) < 4.78 is 53.6. The van der Waals surface area contributed by atoms with E-state index in [1.807, 2.05) is 37.4 Å². The van der Waals surface area contributed by atoms with Gasteiger partial charge in [-0.25, -0.2) is 16.8 Å². The zero-order valence-electron chi connectivity index (χ0n) is 22.4. The maximum atomic E-state index is 13.1. The van der Waals surface area contributed by atoms with Gasteiger partial charge in [0.05, 0.1) is 33.0 Å². The molecule has 0 radical (unpaired) electrons. The van der Waals surface area contributed by atoms with Crippen molar-refractivity contribution in [2.45, 2.75) is 56.0 Å². The van der Waals surface area contributed by atoms with E-state index in [1.165, 1.54) is 12.3 Å². The highest BCUT2D eigenvalue weighted by atomic mass is 35.5. The fourth-order valence-electron chi connectivity index (χ4n) is 4.87. The Bertz CT molecular complexity index is 1640. The lowest BCUT2D eigenvalue weighted by Gasteiger charge is -2.25. The monoisotopic (exact) mass is 577 g/mol. The molecule has 0 N–H and O–H groups in total. The second-order valence-electron chi connectivity index (χ2n) is 9.51. The average molecular weight is 578 g/mol. The summed E-state index contributed by atoms with van der Waals surface area (Å²) in [5, 5.41) is 9.16. The van der Waals surface area contributed by atoms with Gasteiger partial charge in [0.15, 0.2) is 31.3 Å². The molecule has 204 valence electrons. The van der Waals surface area contributed by atoms with Gasteiger partial charge in [-0.2, -0.15) is 0 Å². The van der Waals surface area contributed by atoms with Crippen LogP contribution in [0.2, 0.25) is 5.02 Å². The number of nitrogens with zero attached hydrogens (tertiary/aromatic N) is 5. The molecule has 0 saturated heterocycles. The van der Waals surface area contributed by atoms with E-state index in [4.69, 9.17) is 16.6 Å². The second kappa shape index (κ2) is 10.5. The van der Waals surface area contributed by atoms with Crippen LogP contribution >= 0.6 is 11.6 Å². The number of fused-ring (bicyclic) bond motifs is 3. The van der Waals surface area contributed by atoms with Crippen LogP contribution in [0.1, 0.15) is 61.6 Å². The lowest BCUT2D eigenvalue weighted by Crippen LogP contribution is -2.24. The molecule has 12 heteroatoms. The highest BCUT2D eigenvalue weighted by molar-refractivity contribution is 7.91. The van der Waals surface area contributed by atoms with E-state index >= 15 is 0 Å². The van der Waals surface area contributed by atoms with E-state index in [1.54, 1.807) is 31.2 Å². The maximum Gasteiger partial charge on any atom is 0.178 e. The molecule has 2 aromatic carbocycles. The number of aryl methyl sites for hydroxylation is 1. The van der Waals surface area contributed by atoms with Crippen LogP contribution < -0.4 is 0 Å². The molecule has 2 heterocycles. The molecule has 0 aliphatic carbocycles. The van der Waals surface area contributed by atoms with Crippen molar-refractivity contribution in [3.05, 3.63) is 63.7 Å². The van der Waals surface area contributed by atoms with Gasteiger partial charge in [-0.15, -0.1) is 10.2 Å². The minimum Gasteiger partial charge on any atom is -0.300 e. The Kier molecular flexibility index (Phi) is 7.86. The molecule has 0 spiro atoms. The Hall–Kier alpha value is -2.60. The lowest BCUT2D eigenvalue weighted by atomic mass is 9.94. The number of aromatic nitrogens is 3. The molecule has 1 aliphatic heterocycles. The van der Waals surface area contributed by atoms with Crippen LogP contribution in [0.15, 0.2) is 45.1 Å². The van der Waals surface area contributed by atoms with Gasteiger partial charge < -0.3 is 0 Å². The number of halogens is 1. The number of hydrogen-bond acceptors (Lipinski definition) is 8. The number of benzene rings is 2. The van der Waals surface area contributed by atoms with Crippen LogP contribution in [0.3, 0.4) is 0 Å². The zero-order valence-corrected chi connectivity index (χ0v) is 24.7. The van der Waals surface area contributed by atoms with Crippen molar-refractivity contribution in [3.63, 3.8) is 0 Å². The van der Waals surface area contributed by atoms with Crippen molar-refractivity contribution in [1.29, 1.82) is 0 Å². The van der Waals surface area contributed by atoms with Crippen molar-refractivity contribution >= 4 is 37.0 Å². The summed E-state index contributed by atoms with van der Waals surface area (Å²) in [5.41, 5.74) is 2.85. The van der Waals surface area contributed by atoms with Gasteiger partial charge in [-0.1, -0.05) is 38.4 Å². The molecule has 9 nitrogen and oxygen atoms in total. The molecule has 0 amide bonds. The van der Waals surface area contributed by atoms with Gasteiger partial charge in [-0.3, -0.25) is 14.5 Å². The lowest BCUT2D eigenvalue weighted by molar-refractivity contribution is 0.276. The van der Waals surface area contributed by atoms with Gasteiger partial charge in [0.1, 0.15) is 6.54 Å². The molecule has 1 unspecified atom stereocenters. The van der Waals surface area contributed by atoms with Gasteiger partial charge >= 0.3 is 0 Å². The third-order valence-electron chi connectivity index (χ3n) is 6.79. The average Bonchev–Trinajstić information content (AvgIpc) is 3.17. The number of aliphatic imine (C=N–C) groups is 1. The van der Waals surface area contributed by atoms with Gasteiger partial charge in [0.25, 0.3) is 0 Å². The highest BCUT2D eigenvalue weighted by Gasteiger charge is 2.33. The van der Waals surface area contributed by atoms with E-state index in [-0.39, 0.29) is 33.2 Å². The largest absolute Gasteiger partial charge is 0.300 e. The quantitative estimate of drug-likeness (QED) is 0.397. The first-order valence-corrected chi connectivity index (χ1v) is 16.3. The third-order valence-corrected chi connectivity index (χ3v) is 9.85. The molecule has 3 aromatic rings. The first-order chi connectivity index (χ1) is 17.8. The Morgan fingerprint density at radius 1 is 1.05 bits per heavy atom. The molecule has 38 heavy (non-hydrogen) atoms. The van der Waals surface area contributed by atoms with Crippen LogP contribution in [0.25, 0.3) is 5.69 Å². The molecular formula is C26H32ClN5O4S2. The van der Waals surface area contributed by atoms with E-state index in [0.717, 1.165) is 12.0 Å². The van der Waals surface area contributed by atoms with Crippen molar-refractivity contribution in [2.24, 2.45) is 4.99 Å². The van der Waals surface area contributed by atoms with Crippen LogP contribution in [0.5, 0.6) is 0 Å². The molecular weight excluding hydrogens is 546 g/mol. The topological polar surface area (TPSA) is 115 Å². The van der Waals surface area contributed by atoms with E-state index < -0.39 is 19.7 Å². The fraction of sp³-hybridized carbons (Fsp3) is 0.423. The van der Waals surface area contributed by atoms with Crippen LogP contribution in [-0.2, 0) is 32.6 Å². The summed E-state index contributed by atoms with van der Waals surface area (Å²) >= 11 is 6.42. The van der Waals surface area contributed by atoms with Crippen molar-refractivity contribution in [1.82, 2.24) is 19.7 Å². The Morgan fingerprint density at radius 3 is 2.34 bits per heavy atom. The van der Waals surface area contributed by atoms with Crippen LogP contribution in [-0.4, -0.2) is 68.3 Å². The number of hydrogen-bond donors (Lipinski definition) is 0. The smallest absolute Gasteiger partial charge is 0.178 e. The van der Waals surface area contributed by atoms with Gasteiger partial charge in [0.2, 0.25) is 0 Å². The standard InChI is InChI=1S/C26H32ClN5O4S2/c1-7-16-10-11-21(37(6,33)34)25-23(16)24(17-12-18(27)14-19(13-17)38(35,36)9-3)28-15-22-29-30-26(32(22)25)20(8-2)31(4)5/h10-14,20H,7-9,15H2,1-6H3. The third kappa shape index (κ3) is 5.04. The SMILES string of the molecule is CCc1ccc(S(C)(=O)=O)c2c1C(c1cc(Cl)cc(S(=O)(=O)CC)c1)=NCc1nnc(C(CC)N(C)C)n1-2. The summed E-state index contributed by atoms with van der Waals surface area (Å²) in [7, 11) is -3.37. The normalized spacial score (nSPS) is 14.6. The predicted molar refractivity (Wildman–Crippen MR) is 149 cm³/mol. The summed E-state index contributed by atoms with van der Waals surface area (Å²) in [6.45, 7) is 5.71.